The number of imidazole rings is 1. The van der Waals surface area contributed by atoms with Crippen molar-refractivity contribution in [3.05, 3.63) is 108 Å². The first-order chi connectivity index (χ1) is 14.9. The van der Waals surface area contributed by atoms with Gasteiger partial charge in [0.15, 0.2) is 0 Å². The Morgan fingerprint density at radius 3 is 2.23 bits per heavy atom. The first-order valence-electron chi connectivity index (χ1n) is 10.4. The van der Waals surface area contributed by atoms with Gasteiger partial charge in [-0.3, -0.25) is 4.40 Å². The van der Waals surface area contributed by atoms with Gasteiger partial charge in [0.2, 0.25) is 0 Å². The van der Waals surface area contributed by atoms with Gasteiger partial charge in [0.25, 0.3) is 0 Å². The second-order valence-electron chi connectivity index (χ2n) is 8.04. The Hall–Kier alpha value is -3.91. The van der Waals surface area contributed by atoms with E-state index < -0.39 is 0 Å². The number of hydrogen-bond donors (Lipinski definition) is 0. The average molecular weight is 382 g/mol. The summed E-state index contributed by atoms with van der Waals surface area (Å²) in [4.78, 5) is 5.15. The fraction of sp³-hybridized carbons (Fsp3) is 0.0357. The van der Waals surface area contributed by atoms with Crippen molar-refractivity contribution < 1.29 is 0 Å². The summed E-state index contributed by atoms with van der Waals surface area (Å²) < 4.78 is 2.38. The molecule has 0 fully saturated rings. The van der Waals surface area contributed by atoms with Gasteiger partial charge in [-0.25, -0.2) is 4.98 Å². The SMILES string of the molecule is c1ccc(-c2ccc3c(c2)Cc2nc4c5ccccc5c5ccccc5n4c2-3)cc1. The quantitative estimate of drug-likeness (QED) is 0.283. The molecule has 7 rings (SSSR count). The van der Waals surface area contributed by atoms with E-state index in [4.69, 9.17) is 4.98 Å². The second kappa shape index (κ2) is 5.80. The fourth-order valence-corrected chi connectivity index (χ4v) is 5.05. The van der Waals surface area contributed by atoms with Gasteiger partial charge in [-0.2, -0.15) is 0 Å². The summed E-state index contributed by atoms with van der Waals surface area (Å²) in [5, 5.41) is 3.76. The maximum atomic E-state index is 5.15. The van der Waals surface area contributed by atoms with E-state index in [-0.39, 0.29) is 0 Å². The van der Waals surface area contributed by atoms with Crippen LogP contribution in [0.15, 0.2) is 97.1 Å². The van der Waals surface area contributed by atoms with Gasteiger partial charge < -0.3 is 0 Å². The predicted molar refractivity (Wildman–Crippen MR) is 124 cm³/mol. The van der Waals surface area contributed by atoms with E-state index in [1.807, 2.05) is 0 Å². The standard InChI is InChI=1S/C28H18N2/c1-2-8-18(9-3-1)19-14-15-21-20(16-19)17-25-27(21)30-26-13-7-6-11-23(26)22-10-4-5-12-24(22)28(30)29-25/h1-16H,17H2. The Labute approximate surface area is 174 Å². The van der Waals surface area contributed by atoms with Crippen LogP contribution in [0, 0.1) is 0 Å². The molecule has 2 aromatic heterocycles. The predicted octanol–water partition coefficient (Wildman–Crippen LogP) is 6.88. The highest BCUT2D eigenvalue weighted by Crippen LogP contribution is 2.42. The summed E-state index contributed by atoms with van der Waals surface area (Å²) >= 11 is 0. The van der Waals surface area contributed by atoms with Crippen molar-refractivity contribution in [2.45, 2.75) is 6.42 Å². The van der Waals surface area contributed by atoms with Gasteiger partial charge >= 0.3 is 0 Å². The molecule has 0 radical (unpaired) electrons. The first-order valence-corrected chi connectivity index (χ1v) is 10.4. The lowest BCUT2D eigenvalue weighted by atomic mass is 10.00. The third-order valence-electron chi connectivity index (χ3n) is 6.38. The maximum Gasteiger partial charge on any atom is 0.145 e. The summed E-state index contributed by atoms with van der Waals surface area (Å²) in [6.07, 6.45) is 0.885. The molecule has 0 N–H and O–H groups in total. The minimum absolute atomic E-state index is 0.885. The highest BCUT2D eigenvalue weighted by Gasteiger charge is 2.26. The van der Waals surface area contributed by atoms with E-state index >= 15 is 0 Å². The molecule has 0 atom stereocenters. The number of aromatic nitrogens is 2. The highest BCUT2D eigenvalue weighted by molar-refractivity contribution is 6.12. The number of rotatable bonds is 1. The van der Waals surface area contributed by atoms with Gasteiger partial charge in [-0.1, -0.05) is 91.0 Å². The molecule has 0 spiro atoms. The van der Waals surface area contributed by atoms with Crippen LogP contribution in [0.25, 0.3) is 49.7 Å². The zero-order valence-corrected chi connectivity index (χ0v) is 16.3. The van der Waals surface area contributed by atoms with Gasteiger partial charge in [0.1, 0.15) is 5.65 Å². The summed E-state index contributed by atoms with van der Waals surface area (Å²) in [6, 6.07) is 34.8. The topological polar surface area (TPSA) is 17.3 Å². The normalized spacial score (nSPS) is 12.5. The first kappa shape index (κ1) is 15.9. The minimum atomic E-state index is 0.885. The van der Waals surface area contributed by atoms with Crippen LogP contribution in [0.2, 0.25) is 0 Å². The van der Waals surface area contributed by atoms with E-state index in [0.717, 1.165) is 12.1 Å². The number of para-hydroxylation sites is 1. The molecule has 6 aromatic rings. The Bertz CT molecular complexity index is 1610. The van der Waals surface area contributed by atoms with E-state index in [2.05, 4.69) is 101 Å². The molecule has 1 aliphatic rings. The van der Waals surface area contributed by atoms with Crippen LogP contribution in [0.5, 0.6) is 0 Å². The second-order valence-corrected chi connectivity index (χ2v) is 8.04. The Kier molecular flexibility index (Phi) is 3.09. The van der Waals surface area contributed by atoms with Crippen LogP contribution < -0.4 is 0 Å². The minimum Gasteiger partial charge on any atom is -0.291 e. The van der Waals surface area contributed by atoms with Crippen LogP contribution in [-0.2, 0) is 6.42 Å². The lowest BCUT2D eigenvalue weighted by Gasteiger charge is -2.11. The molecule has 2 heterocycles. The molecule has 2 heteroatoms. The molecule has 140 valence electrons. The van der Waals surface area contributed by atoms with Crippen molar-refractivity contribution >= 4 is 27.3 Å². The molecular formula is C28H18N2. The molecule has 1 aliphatic carbocycles. The lowest BCUT2D eigenvalue weighted by Crippen LogP contribution is -1.94. The monoisotopic (exact) mass is 382 g/mol. The largest absolute Gasteiger partial charge is 0.291 e. The molecule has 0 aliphatic heterocycles. The third-order valence-corrected chi connectivity index (χ3v) is 6.38. The van der Waals surface area contributed by atoms with Gasteiger partial charge in [0.05, 0.1) is 16.9 Å². The molecule has 4 aromatic carbocycles. The third kappa shape index (κ3) is 2.05. The fourth-order valence-electron chi connectivity index (χ4n) is 5.05. The van der Waals surface area contributed by atoms with Crippen molar-refractivity contribution in [3.63, 3.8) is 0 Å². The maximum absolute atomic E-state index is 5.15. The van der Waals surface area contributed by atoms with E-state index in [9.17, 15) is 0 Å². The number of hydrogen-bond acceptors (Lipinski definition) is 1. The lowest BCUT2D eigenvalue weighted by molar-refractivity contribution is 1.17. The Morgan fingerprint density at radius 1 is 0.633 bits per heavy atom. The summed E-state index contributed by atoms with van der Waals surface area (Å²) in [6.45, 7) is 0. The van der Waals surface area contributed by atoms with Crippen LogP contribution in [-0.4, -0.2) is 9.38 Å². The molecule has 0 bridgehead atoms. The summed E-state index contributed by atoms with van der Waals surface area (Å²) in [5.41, 5.74) is 9.90. The highest BCUT2D eigenvalue weighted by atomic mass is 15.0. The van der Waals surface area contributed by atoms with Crippen molar-refractivity contribution in [2.24, 2.45) is 0 Å². The number of benzene rings is 4. The molecule has 2 nitrogen and oxygen atoms in total. The van der Waals surface area contributed by atoms with Crippen molar-refractivity contribution in [3.8, 4) is 22.4 Å². The number of fused-ring (bicyclic) bond motifs is 10. The van der Waals surface area contributed by atoms with E-state index in [1.54, 1.807) is 0 Å². The number of pyridine rings is 1. The van der Waals surface area contributed by atoms with Crippen LogP contribution in [0.3, 0.4) is 0 Å². The van der Waals surface area contributed by atoms with Crippen LogP contribution >= 0.6 is 0 Å². The number of nitrogens with zero attached hydrogens (tertiary/aromatic N) is 2. The molecule has 0 saturated carbocycles. The average Bonchev–Trinajstić information content (AvgIpc) is 3.36. The van der Waals surface area contributed by atoms with Crippen molar-refractivity contribution in [1.82, 2.24) is 9.38 Å². The van der Waals surface area contributed by atoms with Crippen LogP contribution in [0.1, 0.15) is 11.3 Å². The van der Waals surface area contributed by atoms with E-state index in [0.29, 0.717) is 0 Å². The smallest absolute Gasteiger partial charge is 0.145 e. The van der Waals surface area contributed by atoms with Crippen LogP contribution in [0.4, 0.5) is 0 Å². The molecular weight excluding hydrogens is 364 g/mol. The molecule has 0 unspecified atom stereocenters. The zero-order valence-electron chi connectivity index (χ0n) is 16.3. The Balaban J connectivity index is 1.56. The van der Waals surface area contributed by atoms with Crippen molar-refractivity contribution in [2.75, 3.05) is 0 Å². The van der Waals surface area contributed by atoms with Crippen molar-refractivity contribution in [1.29, 1.82) is 0 Å². The van der Waals surface area contributed by atoms with Gasteiger partial charge in [-0.05, 0) is 28.1 Å². The summed E-state index contributed by atoms with van der Waals surface area (Å²) in [5.74, 6) is 0. The molecule has 0 amide bonds. The molecule has 0 saturated heterocycles. The van der Waals surface area contributed by atoms with E-state index in [1.165, 1.54) is 55.3 Å². The molecule has 30 heavy (non-hydrogen) atoms. The summed E-state index contributed by atoms with van der Waals surface area (Å²) in [7, 11) is 0. The van der Waals surface area contributed by atoms with Gasteiger partial charge in [0, 0.05) is 22.8 Å². The van der Waals surface area contributed by atoms with Gasteiger partial charge in [-0.15, -0.1) is 0 Å². The zero-order chi connectivity index (χ0) is 19.7. The Morgan fingerprint density at radius 2 is 1.37 bits per heavy atom.